The van der Waals surface area contributed by atoms with E-state index >= 15 is 0 Å². The molecule has 0 bridgehead atoms. The second-order valence-corrected chi connectivity index (χ2v) is 3.67. The minimum Gasteiger partial charge on any atom is -0.261 e. The van der Waals surface area contributed by atoms with Crippen LogP contribution in [0.4, 0.5) is 4.39 Å². The minimum absolute atomic E-state index is 0.253. The van der Waals surface area contributed by atoms with Gasteiger partial charge in [-0.1, -0.05) is 23.7 Å². The van der Waals surface area contributed by atoms with Crippen LogP contribution in [-0.2, 0) is 0 Å². The van der Waals surface area contributed by atoms with Gasteiger partial charge >= 0.3 is 0 Å². The van der Waals surface area contributed by atoms with Crippen LogP contribution >= 0.6 is 11.6 Å². The first-order valence-corrected chi connectivity index (χ1v) is 4.93. The molecule has 1 nitrogen and oxygen atoms in total. The largest absolute Gasteiger partial charge is 0.261 e. The van der Waals surface area contributed by atoms with E-state index in [2.05, 4.69) is 4.98 Å². The first-order valence-electron chi connectivity index (χ1n) is 4.55. The minimum atomic E-state index is -0.253. The summed E-state index contributed by atoms with van der Waals surface area (Å²) in [5.41, 5.74) is 2.58. The van der Waals surface area contributed by atoms with Gasteiger partial charge in [-0.25, -0.2) is 4.39 Å². The summed E-state index contributed by atoms with van der Waals surface area (Å²) in [4.78, 5) is 4.16. The second-order valence-electron chi connectivity index (χ2n) is 3.26. The molecule has 1 heterocycles. The first-order chi connectivity index (χ1) is 7.18. The fourth-order valence-electron chi connectivity index (χ4n) is 1.50. The molecule has 0 radical (unpaired) electrons. The Labute approximate surface area is 92.5 Å². The standard InChI is InChI=1S/C12H9ClFN/c1-8-12(11(13)6-7-15-8)9-2-4-10(14)5-3-9/h2-7H,1H3. The summed E-state index contributed by atoms with van der Waals surface area (Å²) in [6, 6.07) is 7.96. The zero-order valence-corrected chi connectivity index (χ0v) is 8.92. The molecule has 2 rings (SSSR count). The highest BCUT2D eigenvalue weighted by molar-refractivity contribution is 6.33. The molecule has 0 unspecified atom stereocenters. The molecule has 3 heteroatoms. The Hall–Kier alpha value is -1.41. The van der Waals surface area contributed by atoms with Crippen LogP contribution in [0.2, 0.25) is 5.02 Å². The average Bonchev–Trinajstić information content (AvgIpc) is 2.20. The van der Waals surface area contributed by atoms with Gasteiger partial charge in [-0.05, 0) is 30.7 Å². The van der Waals surface area contributed by atoms with Crippen LogP contribution in [0.25, 0.3) is 11.1 Å². The Morgan fingerprint density at radius 2 is 1.80 bits per heavy atom. The molecule has 1 aromatic heterocycles. The molecule has 76 valence electrons. The van der Waals surface area contributed by atoms with E-state index in [-0.39, 0.29) is 5.82 Å². The van der Waals surface area contributed by atoms with Crippen LogP contribution < -0.4 is 0 Å². The Bertz CT molecular complexity index is 459. The first kappa shape index (κ1) is 10.1. The van der Waals surface area contributed by atoms with E-state index in [0.717, 1.165) is 16.8 Å². The molecule has 0 fully saturated rings. The van der Waals surface area contributed by atoms with E-state index < -0.39 is 0 Å². The Balaban J connectivity index is 2.58. The van der Waals surface area contributed by atoms with Crippen molar-refractivity contribution in [1.82, 2.24) is 4.98 Å². The maximum absolute atomic E-state index is 12.8. The maximum atomic E-state index is 12.8. The topological polar surface area (TPSA) is 12.9 Å². The van der Waals surface area contributed by atoms with Crippen molar-refractivity contribution in [2.24, 2.45) is 0 Å². The fraction of sp³-hybridized carbons (Fsp3) is 0.0833. The molecule has 0 aliphatic carbocycles. The van der Waals surface area contributed by atoms with E-state index in [4.69, 9.17) is 11.6 Å². The molecule has 0 aliphatic rings. The number of rotatable bonds is 1. The predicted octanol–water partition coefficient (Wildman–Crippen LogP) is 3.85. The van der Waals surface area contributed by atoms with E-state index in [1.54, 1.807) is 24.4 Å². The normalized spacial score (nSPS) is 10.3. The van der Waals surface area contributed by atoms with E-state index in [0.29, 0.717) is 5.02 Å². The molecule has 0 saturated carbocycles. The van der Waals surface area contributed by atoms with Crippen molar-refractivity contribution in [3.8, 4) is 11.1 Å². The molecule has 0 aliphatic heterocycles. The lowest BCUT2D eigenvalue weighted by Gasteiger charge is -2.06. The van der Waals surface area contributed by atoms with Gasteiger partial charge < -0.3 is 0 Å². The van der Waals surface area contributed by atoms with Crippen LogP contribution in [0.3, 0.4) is 0 Å². The number of nitrogens with zero attached hydrogens (tertiary/aromatic N) is 1. The molecule has 0 saturated heterocycles. The van der Waals surface area contributed by atoms with Crippen LogP contribution in [-0.4, -0.2) is 4.98 Å². The third-order valence-corrected chi connectivity index (χ3v) is 2.54. The van der Waals surface area contributed by atoms with Gasteiger partial charge in [-0.2, -0.15) is 0 Å². The molecule has 1 aromatic carbocycles. The number of hydrogen-bond donors (Lipinski definition) is 0. The van der Waals surface area contributed by atoms with Crippen molar-refractivity contribution >= 4 is 11.6 Å². The summed E-state index contributed by atoms with van der Waals surface area (Å²) in [7, 11) is 0. The summed E-state index contributed by atoms with van der Waals surface area (Å²) in [5, 5.41) is 0.633. The van der Waals surface area contributed by atoms with Gasteiger partial charge in [0.2, 0.25) is 0 Å². The van der Waals surface area contributed by atoms with Gasteiger partial charge in [0.1, 0.15) is 5.82 Å². The van der Waals surface area contributed by atoms with Gasteiger partial charge in [0.05, 0.1) is 5.02 Å². The van der Waals surface area contributed by atoms with Crippen LogP contribution in [0.1, 0.15) is 5.69 Å². The van der Waals surface area contributed by atoms with Gasteiger partial charge in [-0.15, -0.1) is 0 Å². The quantitative estimate of drug-likeness (QED) is 0.713. The number of pyridine rings is 1. The highest BCUT2D eigenvalue weighted by atomic mass is 35.5. The second kappa shape index (κ2) is 3.99. The summed E-state index contributed by atoms with van der Waals surface area (Å²) in [6.45, 7) is 1.88. The molecule has 0 amide bonds. The molecule has 0 N–H and O–H groups in total. The third kappa shape index (κ3) is 2.00. The molecular formula is C12H9ClFN. The third-order valence-electron chi connectivity index (χ3n) is 2.22. The number of aromatic nitrogens is 1. The summed E-state index contributed by atoms with van der Waals surface area (Å²) >= 11 is 6.07. The monoisotopic (exact) mass is 221 g/mol. The number of aryl methyl sites for hydroxylation is 1. The predicted molar refractivity (Wildman–Crippen MR) is 59.4 cm³/mol. The van der Waals surface area contributed by atoms with Crippen molar-refractivity contribution in [1.29, 1.82) is 0 Å². The van der Waals surface area contributed by atoms with Crippen molar-refractivity contribution in [2.45, 2.75) is 6.92 Å². The Morgan fingerprint density at radius 1 is 1.13 bits per heavy atom. The molecular weight excluding hydrogens is 213 g/mol. The van der Waals surface area contributed by atoms with E-state index in [1.165, 1.54) is 12.1 Å². The van der Waals surface area contributed by atoms with E-state index in [1.807, 2.05) is 6.92 Å². The Morgan fingerprint density at radius 3 is 2.40 bits per heavy atom. The SMILES string of the molecule is Cc1nccc(Cl)c1-c1ccc(F)cc1. The highest BCUT2D eigenvalue weighted by Crippen LogP contribution is 2.29. The average molecular weight is 222 g/mol. The molecule has 0 atom stereocenters. The van der Waals surface area contributed by atoms with E-state index in [9.17, 15) is 4.39 Å². The smallest absolute Gasteiger partial charge is 0.123 e. The van der Waals surface area contributed by atoms with Crippen molar-refractivity contribution in [3.05, 3.63) is 53.1 Å². The highest BCUT2D eigenvalue weighted by Gasteiger charge is 2.07. The summed E-state index contributed by atoms with van der Waals surface area (Å²) in [5.74, 6) is -0.253. The van der Waals surface area contributed by atoms with Crippen LogP contribution in [0, 0.1) is 12.7 Å². The fourth-order valence-corrected chi connectivity index (χ4v) is 1.80. The van der Waals surface area contributed by atoms with Crippen molar-refractivity contribution < 1.29 is 4.39 Å². The van der Waals surface area contributed by atoms with Crippen molar-refractivity contribution in [2.75, 3.05) is 0 Å². The molecule has 0 spiro atoms. The van der Waals surface area contributed by atoms with Gasteiger partial charge in [-0.3, -0.25) is 4.98 Å². The number of hydrogen-bond acceptors (Lipinski definition) is 1. The lowest BCUT2D eigenvalue weighted by atomic mass is 10.0. The van der Waals surface area contributed by atoms with Gasteiger partial charge in [0.25, 0.3) is 0 Å². The number of benzene rings is 1. The van der Waals surface area contributed by atoms with Crippen molar-refractivity contribution in [3.63, 3.8) is 0 Å². The lowest BCUT2D eigenvalue weighted by molar-refractivity contribution is 0.628. The molecule has 15 heavy (non-hydrogen) atoms. The number of halogens is 2. The zero-order chi connectivity index (χ0) is 10.8. The van der Waals surface area contributed by atoms with Crippen LogP contribution in [0.5, 0.6) is 0 Å². The molecule has 2 aromatic rings. The van der Waals surface area contributed by atoms with Gasteiger partial charge in [0, 0.05) is 17.5 Å². The Kier molecular flexibility index (Phi) is 2.69. The van der Waals surface area contributed by atoms with Crippen LogP contribution in [0.15, 0.2) is 36.5 Å². The maximum Gasteiger partial charge on any atom is 0.123 e. The van der Waals surface area contributed by atoms with Gasteiger partial charge in [0.15, 0.2) is 0 Å². The summed E-state index contributed by atoms with van der Waals surface area (Å²) < 4.78 is 12.8. The lowest BCUT2D eigenvalue weighted by Crippen LogP contribution is -1.88. The summed E-state index contributed by atoms with van der Waals surface area (Å²) in [6.07, 6.45) is 1.66. The zero-order valence-electron chi connectivity index (χ0n) is 8.17.